The fourth-order valence-electron chi connectivity index (χ4n) is 1.91. The lowest BCUT2D eigenvalue weighted by atomic mass is 9.81. The van der Waals surface area contributed by atoms with Crippen LogP contribution in [0.3, 0.4) is 0 Å². The average molecular weight is 283 g/mol. The molecule has 1 unspecified atom stereocenters. The molecule has 0 aromatic heterocycles. The van der Waals surface area contributed by atoms with Gasteiger partial charge in [-0.15, -0.1) is 0 Å². The van der Waals surface area contributed by atoms with Gasteiger partial charge < -0.3 is 4.74 Å². The largest absolute Gasteiger partial charge is 0.481 e. The Hall–Kier alpha value is -1.02. The fourth-order valence-corrected chi connectivity index (χ4v) is 2.11. The van der Waals surface area contributed by atoms with Gasteiger partial charge in [-0.25, -0.2) is 0 Å². The third-order valence-electron chi connectivity index (χ3n) is 3.64. The fraction of sp³-hybridized carbons (Fsp3) is 0.562. The molecule has 0 fully saturated rings. The Morgan fingerprint density at radius 3 is 2.47 bits per heavy atom. The van der Waals surface area contributed by atoms with E-state index >= 15 is 0 Å². The van der Waals surface area contributed by atoms with Gasteiger partial charge in [-0.3, -0.25) is 4.79 Å². The first-order valence-corrected chi connectivity index (χ1v) is 7.16. The van der Waals surface area contributed by atoms with Crippen molar-refractivity contribution in [1.82, 2.24) is 0 Å². The Morgan fingerprint density at radius 1 is 1.37 bits per heavy atom. The molecule has 0 aliphatic rings. The maximum Gasteiger partial charge on any atom is 0.262 e. The van der Waals surface area contributed by atoms with Crippen LogP contribution in [-0.2, 0) is 10.2 Å². The van der Waals surface area contributed by atoms with Crippen LogP contribution in [-0.4, -0.2) is 11.3 Å². The van der Waals surface area contributed by atoms with Crippen LogP contribution < -0.4 is 4.74 Å². The molecule has 0 aliphatic carbocycles. The third kappa shape index (κ3) is 3.97. The Morgan fingerprint density at radius 2 is 2.00 bits per heavy atom. The second-order valence-corrected chi connectivity index (χ2v) is 5.93. The predicted octanol–water partition coefficient (Wildman–Crippen LogP) is 4.61. The SMILES string of the molecule is CCC(Oc1ccc(C)cc1C(C)(C)CC)C(=O)Cl. The Labute approximate surface area is 121 Å². The van der Waals surface area contributed by atoms with E-state index in [1.807, 2.05) is 19.1 Å². The van der Waals surface area contributed by atoms with Crippen LogP contribution in [0.25, 0.3) is 0 Å². The standard InChI is InChI=1S/C16H23ClO2/c1-6-13(15(17)18)19-14-9-8-11(3)10-12(14)16(4,5)7-2/h8-10,13H,6-7H2,1-5H3. The first-order valence-electron chi connectivity index (χ1n) is 6.79. The molecule has 106 valence electrons. The number of benzene rings is 1. The van der Waals surface area contributed by atoms with E-state index in [4.69, 9.17) is 16.3 Å². The molecule has 1 rings (SSSR count). The lowest BCUT2D eigenvalue weighted by molar-refractivity contribution is -0.118. The number of hydrogen-bond acceptors (Lipinski definition) is 2. The van der Waals surface area contributed by atoms with E-state index in [2.05, 4.69) is 33.8 Å². The second kappa shape index (κ2) is 6.42. The zero-order valence-corrected chi connectivity index (χ0v) is 13.2. The van der Waals surface area contributed by atoms with E-state index in [0.29, 0.717) is 6.42 Å². The summed E-state index contributed by atoms with van der Waals surface area (Å²) < 4.78 is 5.82. The maximum absolute atomic E-state index is 11.3. The highest BCUT2D eigenvalue weighted by atomic mass is 35.5. The molecule has 19 heavy (non-hydrogen) atoms. The van der Waals surface area contributed by atoms with E-state index in [1.54, 1.807) is 0 Å². The summed E-state index contributed by atoms with van der Waals surface area (Å²) >= 11 is 5.56. The quantitative estimate of drug-likeness (QED) is 0.713. The molecule has 1 aromatic carbocycles. The first kappa shape index (κ1) is 16.0. The van der Waals surface area contributed by atoms with Crippen molar-refractivity contribution in [3.05, 3.63) is 29.3 Å². The van der Waals surface area contributed by atoms with Gasteiger partial charge in [0.2, 0.25) is 0 Å². The molecule has 0 spiro atoms. The van der Waals surface area contributed by atoms with Gasteiger partial charge in [-0.05, 0) is 42.8 Å². The number of halogens is 1. The van der Waals surface area contributed by atoms with Crippen LogP contribution in [0.4, 0.5) is 0 Å². The van der Waals surface area contributed by atoms with Crippen molar-refractivity contribution in [2.24, 2.45) is 0 Å². The number of aryl methyl sites for hydroxylation is 1. The number of hydrogen-bond donors (Lipinski definition) is 0. The van der Waals surface area contributed by atoms with Crippen molar-refractivity contribution < 1.29 is 9.53 Å². The normalized spacial score (nSPS) is 13.2. The van der Waals surface area contributed by atoms with Gasteiger partial charge in [0.25, 0.3) is 5.24 Å². The summed E-state index contributed by atoms with van der Waals surface area (Å²) in [6.07, 6.45) is 0.997. The summed E-state index contributed by atoms with van der Waals surface area (Å²) in [4.78, 5) is 11.3. The molecule has 0 radical (unpaired) electrons. The molecule has 1 atom stereocenters. The van der Waals surface area contributed by atoms with Crippen LogP contribution in [0.1, 0.15) is 51.7 Å². The number of rotatable bonds is 6. The number of carbonyl (C=O) groups excluding carboxylic acids is 1. The van der Waals surface area contributed by atoms with Crippen LogP contribution in [0, 0.1) is 6.92 Å². The summed E-state index contributed by atoms with van der Waals surface area (Å²) in [6, 6.07) is 6.06. The summed E-state index contributed by atoms with van der Waals surface area (Å²) in [6.45, 7) is 10.5. The van der Waals surface area contributed by atoms with Gasteiger partial charge in [0, 0.05) is 5.56 Å². The van der Waals surface area contributed by atoms with E-state index in [1.165, 1.54) is 5.56 Å². The summed E-state index contributed by atoms with van der Waals surface area (Å²) in [5, 5.41) is -0.441. The van der Waals surface area contributed by atoms with Crippen molar-refractivity contribution in [2.45, 2.75) is 59.0 Å². The maximum atomic E-state index is 11.3. The minimum absolute atomic E-state index is 0.00893. The lowest BCUT2D eigenvalue weighted by Gasteiger charge is -2.27. The zero-order chi connectivity index (χ0) is 14.6. The van der Waals surface area contributed by atoms with Crippen LogP contribution >= 0.6 is 11.6 Å². The summed E-state index contributed by atoms with van der Waals surface area (Å²) in [5.41, 5.74) is 2.33. The molecule has 0 heterocycles. The minimum atomic E-state index is -0.573. The number of ether oxygens (including phenoxy) is 1. The van der Waals surface area contributed by atoms with Gasteiger partial charge in [0.15, 0.2) is 6.10 Å². The highest BCUT2D eigenvalue weighted by Gasteiger charge is 2.25. The van der Waals surface area contributed by atoms with Gasteiger partial charge in [0.05, 0.1) is 0 Å². The minimum Gasteiger partial charge on any atom is -0.481 e. The van der Waals surface area contributed by atoms with Crippen molar-refractivity contribution in [1.29, 1.82) is 0 Å². The van der Waals surface area contributed by atoms with E-state index in [-0.39, 0.29) is 5.41 Å². The van der Waals surface area contributed by atoms with Gasteiger partial charge in [-0.2, -0.15) is 0 Å². The zero-order valence-electron chi connectivity index (χ0n) is 12.4. The molecule has 1 aromatic rings. The molecule has 0 N–H and O–H groups in total. The van der Waals surface area contributed by atoms with Gasteiger partial charge in [0.1, 0.15) is 5.75 Å². The van der Waals surface area contributed by atoms with Crippen LogP contribution in [0.15, 0.2) is 18.2 Å². The molecule has 2 nitrogen and oxygen atoms in total. The van der Waals surface area contributed by atoms with Crippen LogP contribution in [0.5, 0.6) is 5.75 Å². The summed E-state index contributed by atoms with van der Waals surface area (Å²) in [5.74, 6) is 0.762. The predicted molar refractivity (Wildman–Crippen MR) is 80.1 cm³/mol. The molecule has 0 bridgehead atoms. The highest BCUT2D eigenvalue weighted by Crippen LogP contribution is 2.35. The van der Waals surface area contributed by atoms with E-state index in [9.17, 15) is 4.79 Å². The van der Waals surface area contributed by atoms with E-state index in [0.717, 1.165) is 17.7 Å². The molecule has 0 amide bonds. The molecule has 3 heteroatoms. The van der Waals surface area contributed by atoms with Gasteiger partial charge >= 0.3 is 0 Å². The van der Waals surface area contributed by atoms with Crippen molar-refractivity contribution in [3.63, 3.8) is 0 Å². The Balaban J connectivity index is 3.17. The second-order valence-electron chi connectivity index (χ2n) is 5.56. The lowest BCUT2D eigenvalue weighted by Crippen LogP contribution is -2.25. The van der Waals surface area contributed by atoms with Crippen molar-refractivity contribution in [3.8, 4) is 5.75 Å². The third-order valence-corrected chi connectivity index (χ3v) is 3.88. The van der Waals surface area contributed by atoms with Gasteiger partial charge in [-0.1, -0.05) is 45.4 Å². The number of carbonyl (C=O) groups is 1. The topological polar surface area (TPSA) is 26.3 Å². The van der Waals surface area contributed by atoms with Crippen molar-refractivity contribution in [2.75, 3.05) is 0 Å². The Bertz CT molecular complexity index is 452. The molecule has 0 saturated carbocycles. The smallest absolute Gasteiger partial charge is 0.262 e. The first-order chi connectivity index (χ1) is 8.81. The van der Waals surface area contributed by atoms with E-state index < -0.39 is 11.3 Å². The molecule has 0 aliphatic heterocycles. The molecular formula is C16H23ClO2. The molecule has 0 saturated heterocycles. The summed E-state index contributed by atoms with van der Waals surface area (Å²) in [7, 11) is 0. The Kier molecular flexibility index (Phi) is 5.42. The van der Waals surface area contributed by atoms with Crippen LogP contribution in [0.2, 0.25) is 0 Å². The average Bonchev–Trinajstić information content (AvgIpc) is 2.36. The monoisotopic (exact) mass is 282 g/mol. The highest BCUT2D eigenvalue weighted by molar-refractivity contribution is 6.64. The molecular weight excluding hydrogens is 260 g/mol. The van der Waals surface area contributed by atoms with Crippen molar-refractivity contribution >= 4 is 16.8 Å².